The minimum absolute atomic E-state index is 0.0379. The highest BCUT2D eigenvalue weighted by atomic mass is 35.5. The molecule has 0 saturated heterocycles. The molecule has 0 radical (unpaired) electrons. The smallest absolute Gasteiger partial charge is 0.253 e. The van der Waals surface area contributed by atoms with Crippen LogP contribution in [0.3, 0.4) is 0 Å². The molecule has 5 aromatic rings. The second-order valence-electron chi connectivity index (χ2n) is 11.5. The van der Waals surface area contributed by atoms with Gasteiger partial charge in [-0.1, -0.05) is 53.6 Å². The van der Waals surface area contributed by atoms with Crippen LogP contribution in [0.4, 0.5) is 0 Å². The van der Waals surface area contributed by atoms with Gasteiger partial charge in [0.05, 0.1) is 22.7 Å². The number of hydrogen-bond donors (Lipinski definition) is 1. The van der Waals surface area contributed by atoms with Crippen molar-refractivity contribution in [3.63, 3.8) is 0 Å². The van der Waals surface area contributed by atoms with Gasteiger partial charge in [-0.25, -0.2) is 0 Å². The Morgan fingerprint density at radius 2 is 1.79 bits per heavy atom. The summed E-state index contributed by atoms with van der Waals surface area (Å²) in [5, 5.41) is 12.6. The molecule has 0 spiro atoms. The van der Waals surface area contributed by atoms with Crippen molar-refractivity contribution >= 4 is 39.9 Å². The summed E-state index contributed by atoms with van der Waals surface area (Å²) in [4.78, 5) is 28.4. The standard InChI is InChI=1S/C34H31ClN6O2/c1-22-8-11-29-27(16-22)32(23-13-15-39(2)31(42)17-23)30-12-14-34(19-41(29)30,24-6-4-3-5-7-24)38-33(43)26-10-9-25(18-28(26)35)40-20-36-37-21-40/h3-11,16-18,20-21H,12-15,19H2,1-2H3,(H,38,43)/t34-/m1/s1. The van der Waals surface area contributed by atoms with Crippen LogP contribution in [0.5, 0.6) is 0 Å². The lowest BCUT2D eigenvalue weighted by molar-refractivity contribution is -0.125. The molecule has 0 bridgehead atoms. The van der Waals surface area contributed by atoms with Crippen molar-refractivity contribution in [2.75, 3.05) is 13.6 Å². The fraction of sp³-hybridized carbons (Fsp3) is 0.235. The lowest BCUT2D eigenvalue weighted by Crippen LogP contribution is -2.51. The molecule has 2 aliphatic rings. The predicted octanol–water partition coefficient (Wildman–Crippen LogP) is 5.70. The van der Waals surface area contributed by atoms with Gasteiger partial charge in [0.1, 0.15) is 12.7 Å². The van der Waals surface area contributed by atoms with E-state index in [1.807, 2.05) is 31.3 Å². The zero-order valence-electron chi connectivity index (χ0n) is 24.0. The minimum Gasteiger partial charge on any atom is -0.342 e. The molecule has 1 atom stereocenters. The van der Waals surface area contributed by atoms with E-state index in [0.717, 1.165) is 40.6 Å². The summed E-state index contributed by atoms with van der Waals surface area (Å²) in [6.07, 6.45) is 7.22. The predicted molar refractivity (Wildman–Crippen MR) is 167 cm³/mol. The van der Waals surface area contributed by atoms with Gasteiger partial charge in [-0.2, -0.15) is 0 Å². The van der Waals surface area contributed by atoms with Crippen LogP contribution in [0.1, 0.15) is 45.6 Å². The quantitative estimate of drug-likeness (QED) is 0.284. The number of hydrogen-bond acceptors (Lipinski definition) is 4. The largest absolute Gasteiger partial charge is 0.342 e. The minimum atomic E-state index is -0.674. The van der Waals surface area contributed by atoms with Gasteiger partial charge >= 0.3 is 0 Å². The third-order valence-corrected chi connectivity index (χ3v) is 9.16. The van der Waals surface area contributed by atoms with Gasteiger partial charge in [0.2, 0.25) is 5.91 Å². The number of likely N-dealkylation sites (N-methyl/N-ethyl adjacent to an activating group) is 1. The van der Waals surface area contributed by atoms with E-state index in [2.05, 4.69) is 57.3 Å². The van der Waals surface area contributed by atoms with Crippen molar-refractivity contribution in [1.82, 2.24) is 29.5 Å². The molecule has 0 fully saturated rings. The second-order valence-corrected chi connectivity index (χ2v) is 12.0. The molecule has 8 nitrogen and oxygen atoms in total. The van der Waals surface area contributed by atoms with Gasteiger partial charge in [-0.05, 0) is 67.7 Å². The molecule has 0 unspecified atom stereocenters. The fourth-order valence-corrected chi connectivity index (χ4v) is 6.82. The highest BCUT2D eigenvalue weighted by Gasteiger charge is 2.40. The molecule has 43 heavy (non-hydrogen) atoms. The molecular formula is C34H31ClN6O2. The van der Waals surface area contributed by atoms with Gasteiger partial charge in [0.15, 0.2) is 0 Å². The number of aromatic nitrogens is 4. The van der Waals surface area contributed by atoms with Crippen molar-refractivity contribution < 1.29 is 9.59 Å². The van der Waals surface area contributed by atoms with Crippen molar-refractivity contribution in [3.8, 4) is 5.69 Å². The van der Waals surface area contributed by atoms with Crippen LogP contribution < -0.4 is 5.32 Å². The maximum Gasteiger partial charge on any atom is 0.253 e. The van der Waals surface area contributed by atoms with E-state index < -0.39 is 5.54 Å². The Hall–Kier alpha value is -4.69. The molecule has 0 saturated carbocycles. The van der Waals surface area contributed by atoms with Crippen molar-refractivity contribution in [3.05, 3.63) is 118 Å². The van der Waals surface area contributed by atoms with Crippen LogP contribution in [0.2, 0.25) is 5.02 Å². The molecule has 3 aromatic carbocycles. The van der Waals surface area contributed by atoms with Crippen LogP contribution >= 0.6 is 11.6 Å². The lowest BCUT2D eigenvalue weighted by atomic mass is 9.81. The molecule has 2 aromatic heterocycles. The van der Waals surface area contributed by atoms with Crippen LogP contribution in [0, 0.1) is 6.92 Å². The van der Waals surface area contributed by atoms with E-state index in [1.165, 1.54) is 16.8 Å². The number of rotatable bonds is 5. The summed E-state index contributed by atoms with van der Waals surface area (Å²) < 4.78 is 4.09. The Kier molecular flexibility index (Phi) is 6.66. The maximum absolute atomic E-state index is 14.0. The molecule has 2 amide bonds. The molecule has 2 aliphatic heterocycles. The van der Waals surface area contributed by atoms with E-state index in [1.54, 1.807) is 40.3 Å². The molecule has 4 heterocycles. The van der Waals surface area contributed by atoms with Crippen molar-refractivity contribution in [2.45, 2.75) is 38.3 Å². The number of nitrogens with zero attached hydrogens (tertiary/aromatic N) is 5. The van der Waals surface area contributed by atoms with Gasteiger partial charge in [-0.3, -0.25) is 14.2 Å². The topological polar surface area (TPSA) is 85.0 Å². The number of amides is 2. The number of nitrogens with one attached hydrogen (secondary N) is 1. The first-order valence-electron chi connectivity index (χ1n) is 14.4. The number of carbonyl (C=O) groups excluding carboxylic acids is 2. The third-order valence-electron chi connectivity index (χ3n) is 8.85. The maximum atomic E-state index is 14.0. The van der Waals surface area contributed by atoms with E-state index in [4.69, 9.17) is 11.6 Å². The second kappa shape index (κ2) is 10.5. The highest BCUT2D eigenvalue weighted by molar-refractivity contribution is 6.34. The van der Waals surface area contributed by atoms with E-state index >= 15 is 0 Å². The number of aryl methyl sites for hydroxylation is 1. The van der Waals surface area contributed by atoms with Gasteiger partial charge in [0, 0.05) is 47.5 Å². The first kappa shape index (κ1) is 27.2. The zero-order chi connectivity index (χ0) is 29.7. The summed E-state index contributed by atoms with van der Waals surface area (Å²) in [5.41, 5.74) is 7.28. The van der Waals surface area contributed by atoms with Crippen molar-refractivity contribution in [2.24, 2.45) is 0 Å². The average Bonchev–Trinajstić information content (AvgIpc) is 3.65. The van der Waals surface area contributed by atoms with Gasteiger partial charge < -0.3 is 14.8 Å². The molecule has 1 N–H and O–H groups in total. The molecule has 216 valence electrons. The van der Waals surface area contributed by atoms with Crippen LogP contribution in [-0.2, 0) is 23.3 Å². The van der Waals surface area contributed by atoms with Crippen molar-refractivity contribution in [1.29, 1.82) is 0 Å². The van der Waals surface area contributed by atoms with Gasteiger partial charge in [0.25, 0.3) is 5.91 Å². The lowest BCUT2D eigenvalue weighted by Gasteiger charge is -2.40. The molecular weight excluding hydrogens is 560 g/mol. The summed E-state index contributed by atoms with van der Waals surface area (Å²) in [6, 6.07) is 22.0. The average molecular weight is 591 g/mol. The van der Waals surface area contributed by atoms with E-state index in [9.17, 15) is 9.59 Å². The van der Waals surface area contributed by atoms with Crippen LogP contribution in [-0.4, -0.2) is 49.6 Å². The Bertz CT molecular complexity index is 1910. The summed E-state index contributed by atoms with van der Waals surface area (Å²) in [5.74, 6) is -0.195. The Balaban J connectivity index is 1.31. The van der Waals surface area contributed by atoms with Crippen LogP contribution in [0.15, 0.2) is 85.5 Å². The SMILES string of the molecule is Cc1ccc2c(c1)c(C1=CC(=O)N(C)CC1)c1n2C[C@@](NC(=O)c2ccc(-n3cnnc3)cc2Cl)(c2ccccc2)CC1. The Morgan fingerprint density at radius 1 is 1.00 bits per heavy atom. The highest BCUT2D eigenvalue weighted by Crippen LogP contribution is 2.43. The van der Waals surface area contributed by atoms with Crippen LogP contribution in [0.25, 0.3) is 22.2 Å². The number of benzene rings is 3. The first-order valence-corrected chi connectivity index (χ1v) is 14.8. The fourth-order valence-electron chi connectivity index (χ4n) is 6.56. The summed E-state index contributed by atoms with van der Waals surface area (Å²) in [6.45, 7) is 3.35. The normalized spacial score (nSPS) is 18.4. The zero-order valence-corrected chi connectivity index (χ0v) is 24.8. The number of fused-ring (bicyclic) bond motifs is 3. The Labute approximate surface area is 254 Å². The molecule has 7 rings (SSSR count). The number of carbonyl (C=O) groups is 2. The summed E-state index contributed by atoms with van der Waals surface area (Å²) in [7, 11) is 1.85. The monoisotopic (exact) mass is 590 g/mol. The Morgan fingerprint density at radius 3 is 2.53 bits per heavy atom. The first-order chi connectivity index (χ1) is 20.8. The van der Waals surface area contributed by atoms with E-state index in [0.29, 0.717) is 30.1 Å². The molecule has 0 aliphatic carbocycles. The van der Waals surface area contributed by atoms with E-state index in [-0.39, 0.29) is 11.8 Å². The molecule has 9 heteroatoms. The number of halogens is 1. The van der Waals surface area contributed by atoms with Gasteiger partial charge in [-0.15, -0.1) is 10.2 Å². The third kappa shape index (κ3) is 4.72. The summed E-state index contributed by atoms with van der Waals surface area (Å²) >= 11 is 6.68.